The maximum Gasteiger partial charge on any atom is 0.169 e. The van der Waals surface area contributed by atoms with Gasteiger partial charge in [0.25, 0.3) is 0 Å². The van der Waals surface area contributed by atoms with Crippen molar-refractivity contribution in [3.8, 4) is 11.1 Å². The van der Waals surface area contributed by atoms with Crippen molar-refractivity contribution in [3.63, 3.8) is 0 Å². The molecule has 0 saturated carbocycles. The topological polar surface area (TPSA) is 7.76 Å². The molecule has 47 heavy (non-hydrogen) atoms. The van der Waals surface area contributed by atoms with Crippen LogP contribution in [0.25, 0.3) is 11.1 Å². The fourth-order valence-electron chi connectivity index (χ4n) is 7.44. The van der Waals surface area contributed by atoms with Gasteiger partial charge in [-0.2, -0.15) is 0 Å². The van der Waals surface area contributed by atoms with Gasteiger partial charge in [0.2, 0.25) is 0 Å². The Hall–Kier alpha value is -1.27. The summed E-state index contributed by atoms with van der Waals surface area (Å²) in [5, 5.41) is 0. The number of hydrogen-bond acceptors (Lipinski definition) is 0. The zero-order valence-corrected chi connectivity index (χ0v) is 33.1. The number of nitrogens with zero attached hydrogens (tertiary/aromatic N) is 2. The Morgan fingerprint density at radius 3 is 0.979 bits per heavy atom. The summed E-state index contributed by atoms with van der Waals surface area (Å²) in [5.74, 6) is 0. The number of unbranched alkanes of at least 4 members (excludes halogenated alkanes) is 19. The molecule has 0 amide bonds. The van der Waals surface area contributed by atoms with Gasteiger partial charge < -0.3 is 0 Å². The largest absolute Gasteiger partial charge is 0.205 e. The minimum atomic E-state index is -0.892. The van der Waals surface area contributed by atoms with E-state index in [0.29, 0.717) is 0 Å². The molecule has 2 heterocycles. The third-order valence-corrected chi connectivity index (χ3v) is 15.7. The van der Waals surface area contributed by atoms with Crippen molar-refractivity contribution >= 4 is 7.26 Å². The molecule has 2 aromatic rings. The van der Waals surface area contributed by atoms with Gasteiger partial charge in [0.05, 0.1) is 24.6 Å². The number of hydrogen-bond donors (Lipinski definition) is 0. The molecule has 0 spiro atoms. The highest BCUT2D eigenvalue weighted by atomic mass is 31.2. The molecule has 0 radical (unpaired) electrons. The summed E-state index contributed by atoms with van der Waals surface area (Å²) in [7, 11) is -0.892. The van der Waals surface area contributed by atoms with Crippen LogP contribution in [-0.4, -0.2) is 24.6 Å². The van der Waals surface area contributed by atoms with Crippen LogP contribution in [-0.2, 0) is 13.1 Å². The van der Waals surface area contributed by atoms with E-state index in [1.54, 1.807) is 18.5 Å². The van der Waals surface area contributed by atoms with Crippen LogP contribution in [0.5, 0.6) is 0 Å². The first-order valence-corrected chi connectivity index (χ1v) is 23.5. The van der Waals surface area contributed by atoms with Crippen LogP contribution in [0.3, 0.4) is 0 Å². The number of aryl methyl sites for hydroxylation is 2. The summed E-state index contributed by atoms with van der Waals surface area (Å²) >= 11 is 0. The Labute approximate surface area is 295 Å². The smallest absolute Gasteiger partial charge is 0.169 e. The van der Waals surface area contributed by atoms with Crippen molar-refractivity contribution < 1.29 is 9.13 Å². The Balaban J connectivity index is 1.97. The van der Waals surface area contributed by atoms with Crippen LogP contribution >= 0.6 is 7.26 Å². The van der Waals surface area contributed by atoms with Gasteiger partial charge in [0, 0.05) is 44.4 Å². The zero-order chi connectivity index (χ0) is 33.7. The molecule has 3 heteroatoms. The summed E-state index contributed by atoms with van der Waals surface area (Å²) in [5.41, 5.74) is 2.67. The van der Waals surface area contributed by atoms with Gasteiger partial charge in [0.15, 0.2) is 31.3 Å². The summed E-state index contributed by atoms with van der Waals surface area (Å²) in [4.78, 5) is 0. The van der Waals surface area contributed by atoms with Crippen molar-refractivity contribution in [2.24, 2.45) is 0 Å². The van der Waals surface area contributed by atoms with Gasteiger partial charge in [0.1, 0.15) is 6.54 Å². The summed E-state index contributed by atoms with van der Waals surface area (Å²) < 4.78 is 4.83. The van der Waals surface area contributed by atoms with E-state index in [2.05, 4.69) is 85.9 Å². The molecule has 0 aliphatic rings. The molecular weight excluding hydrogens is 587 g/mol. The highest BCUT2D eigenvalue weighted by molar-refractivity contribution is 7.75. The van der Waals surface area contributed by atoms with E-state index in [1.807, 2.05) is 0 Å². The normalized spacial score (nSPS) is 11.8. The van der Waals surface area contributed by atoms with E-state index in [0.717, 1.165) is 6.54 Å². The molecule has 0 saturated heterocycles. The van der Waals surface area contributed by atoms with Crippen molar-refractivity contribution in [2.75, 3.05) is 24.6 Å². The molecule has 0 aliphatic carbocycles. The van der Waals surface area contributed by atoms with Gasteiger partial charge >= 0.3 is 0 Å². The number of aromatic nitrogens is 2. The first-order chi connectivity index (χ1) is 23.2. The van der Waals surface area contributed by atoms with Gasteiger partial charge in [-0.15, -0.1) is 0 Å². The SMILES string of the molecule is CCCCCCCC[P+](CCCCCCCC)(CCCCCCCC)CCC[n+]1ccc(-c2cc[n+](CCCCCCC)cc2)cc1. The van der Waals surface area contributed by atoms with E-state index < -0.39 is 7.26 Å². The molecule has 0 bridgehead atoms. The minimum Gasteiger partial charge on any atom is -0.205 e. The lowest BCUT2D eigenvalue weighted by molar-refractivity contribution is -0.697. The lowest BCUT2D eigenvalue weighted by Crippen LogP contribution is -2.33. The van der Waals surface area contributed by atoms with Gasteiger partial charge in [-0.05, 0) is 56.1 Å². The number of pyridine rings is 2. The molecular formula is C44H80N2P+3. The molecule has 2 nitrogen and oxygen atoms in total. The fourth-order valence-corrected chi connectivity index (χ4v) is 12.3. The average Bonchev–Trinajstić information content (AvgIpc) is 3.10. The Morgan fingerprint density at radius 2 is 0.617 bits per heavy atom. The van der Waals surface area contributed by atoms with Crippen molar-refractivity contribution in [1.29, 1.82) is 0 Å². The zero-order valence-electron chi connectivity index (χ0n) is 32.2. The third kappa shape index (κ3) is 20.1. The molecule has 0 unspecified atom stereocenters. The maximum atomic E-state index is 2.47. The molecule has 0 atom stereocenters. The second kappa shape index (κ2) is 28.6. The van der Waals surface area contributed by atoms with Gasteiger partial charge in [-0.25, -0.2) is 9.13 Å². The van der Waals surface area contributed by atoms with Crippen LogP contribution in [0.15, 0.2) is 49.1 Å². The lowest BCUT2D eigenvalue weighted by Gasteiger charge is -2.28. The van der Waals surface area contributed by atoms with Crippen LogP contribution in [0.2, 0.25) is 0 Å². The standard InChI is InChI=1S/C44H80N2P/c1-5-9-13-17-21-25-39-47(40-26-22-18-14-10-6-2,41-27-23-19-15-11-7-3)42-28-34-46-37-31-44(32-38-46)43-29-35-45(36-30-43)33-24-20-16-12-8-4/h29-32,35-38H,5-28,33-34,39-42H2,1-4H3/q+3. The van der Waals surface area contributed by atoms with E-state index in [-0.39, 0.29) is 0 Å². The first-order valence-electron chi connectivity index (χ1n) is 21.0. The van der Waals surface area contributed by atoms with E-state index >= 15 is 0 Å². The predicted molar refractivity (Wildman–Crippen MR) is 212 cm³/mol. The van der Waals surface area contributed by atoms with Crippen molar-refractivity contribution in [2.45, 2.75) is 195 Å². The third-order valence-electron chi connectivity index (χ3n) is 10.6. The molecule has 2 rings (SSSR count). The minimum absolute atomic E-state index is 0.892. The van der Waals surface area contributed by atoms with Crippen molar-refractivity contribution in [1.82, 2.24) is 0 Å². The first kappa shape index (κ1) is 41.9. The Kier molecular flexibility index (Phi) is 25.5. The molecule has 2 aromatic heterocycles. The van der Waals surface area contributed by atoms with Crippen LogP contribution in [0.4, 0.5) is 0 Å². The van der Waals surface area contributed by atoms with Crippen LogP contribution < -0.4 is 9.13 Å². The molecule has 0 N–H and O–H groups in total. The van der Waals surface area contributed by atoms with Gasteiger partial charge in [-0.3, -0.25) is 0 Å². The quantitative estimate of drug-likeness (QED) is 0.0417. The fraction of sp³-hybridized carbons (Fsp3) is 0.773. The second-order valence-corrected chi connectivity index (χ2v) is 19.4. The van der Waals surface area contributed by atoms with E-state index in [9.17, 15) is 0 Å². The van der Waals surface area contributed by atoms with E-state index in [1.165, 1.54) is 178 Å². The molecule has 268 valence electrons. The monoisotopic (exact) mass is 668 g/mol. The van der Waals surface area contributed by atoms with Crippen LogP contribution in [0.1, 0.15) is 182 Å². The number of rotatable bonds is 32. The summed E-state index contributed by atoms with van der Waals surface area (Å²) in [6.45, 7) is 11.6. The van der Waals surface area contributed by atoms with Crippen molar-refractivity contribution in [3.05, 3.63) is 49.1 Å². The second-order valence-electron chi connectivity index (χ2n) is 15.0. The summed E-state index contributed by atoms with van der Waals surface area (Å²) in [6.07, 6.45) is 49.6. The predicted octanol–water partition coefficient (Wildman–Crippen LogP) is 13.4. The molecule has 0 aliphatic heterocycles. The Bertz CT molecular complexity index is 913. The average molecular weight is 668 g/mol. The van der Waals surface area contributed by atoms with Gasteiger partial charge in [-0.1, -0.05) is 124 Å². The molecule has 0 aromatic carbocycles. The lowest BCUT2D eigenvalue weighted by atomic mass is 10.1. The van der Waals surface area contributed by atoms with E-state index in [4.69, 9.17) is 0 Å². The Morgan fingerprint density at radius 1 is 0.340 bits per heavy atom. The maximum absolute atomic E-state index is 2.47. The summed E-state index contributed by atoms with van der Waals surface area (Å²) in [6, 6.07) is 9.29. The van der Waals surface area contributed by atoms with Crippen LogP contribution in [0, 0.1) is 0 Å². The highest BCUT2D eigenvalue weighted by Gasteiger charge is 2.35. The molecule has 0 fully saturated rings. The highest BCUT2D eigenvalue weighted by Crippen LogP contribution is 2.61.